The molecule has 0 unspecified atom stereocenters. The number of thioether (sulfide) groups is 1. The summed E-state index contributed by atoms with van der Waals surface area (Å²) in [7, 11) is 3.44. The van der Waals surface area contributed by atoms with E-state index in [2.05, 4.69) is 20.6 Å². The van der Waals surface area contributed by atoms with E-state index in [4.69, 9.17) is 4.74 Å². The fourth-order valence-electron chi connectivity index (χ4n) is 2.24. The van der Waals surface area contributed by atoms with E-state index >= 15 is 0 Å². The third kappa shape index (κ3) is 4.26. The molecule has 9 nitrogen and oxygen atoms in total. The summed E-state index contributed by atoms with van der Waals surface area (Å²) in [5, 5.41) is 14.0. The molecule has 10 heteroatoms. The van der Waals surface area contributed by atoms with Crippen molar-refractivity contribution in [3.63, 3.8) is 0 Å². The third-order valence-electron chi connectivity index (χ3n) is 3.56. The molecule has 0 aliphatic heterocycles. The number of aromatic nitrogens is 5. The maximum Gasteiger partial charge on any atom is 0.343 e. The number of carbonyl (C=O) groups excluding carboxylic acids is 1. The molecule has 0 radical (unpaired) electrons. The van der Waals surface area contributed by atoms with Gasteiger partial charge in [-0.1, -0.05) is 11.8 Å². The molecule has 0 fully saturated rings. The number of hydrogen-bond acceptors (Lipinski definition) is 6. The third-order valence-corrected chi connectivity index (χ3v) is 4.54. The van der Waals surface area contributed by atoms with Gasteiger partial charge >= 0.3 is 5.69 Å². The fourth-order valence-corrected chi connectivity index (χ4v) is 3.01. The lowest BCUT2D eigenvalue weighted by Crippen LogP contribution is -2.19. The molecule has 2 N–H and O–H groups in total. The van der Waals surface area contributed by atoms with Gasteiger partial charge in [-0.2, -0.15) is 5.10 Å². The quantitative estimate of drug-likeness (QED) is 0.533. The van der Waals surface area contributed by atoms with E-state index in [-0.39, 0.29) is 17.3 Å². The smallest absolute Gasteiger partial charge is 0.343 e. The minimum atomic E-state index is -0.284. The highest BCUT2D eigenvalue weighted by Crippen LogP contribution is 2.19. The second-order valence-electron chi connectivity index (χ2n) is 5.32. The maximum absolute atomic E-state index is 12.2. The summed E-state index contributed by atoms with van der Waals surface area (Å²) < 4.78 is 8.22. The second-order valence-corrected chi connectivity index (χ2v) is 6.26. The number of carbonyl (C=O) groups is 1. The Hall–Kier alpha value is -2.07. The molecule has 2 aromatic heterocycles. The number of amides is 1. The summed E-state index contributed by atoms with van der Waals surface area (Å²) in [5.41, 5.74) is 2.10. The Kier molecular flexibility index (Phi) is 6.21. The number of anilines is 1. The Morgan fingerprint density at radius 2 is 2.17 bits per heavy atom. The zero-order chi connectivity index (χ0) is 17.7. The van der Waals surface area contributed by atoms with Crippen molar-refractivity contribution in [3.8, 4) is 0 Å². The molecular weight excluding hydrogens is 332 g/mol. The van der Waals surface area contributed by atoms with E-state index < -0.39 is 0 Å². The molecule has 0 aliphatic carbocycles. The van der Waals surface area contributed by atoms with E-state index in [1.807, 2.05) is 20.9 Å². The maximum atomic E-state index is 12.2. The molecule has 0 aromatic carbocycles. The van der Waals surface area contributed by atoms with E-state index in [1.54, 1.807) is 11.8 Å². The lowest BCUT2D eigenvalue weighted by atomic mass is 10.3. The molecule has 0 bridgehead atoms. The number of rotatable bonds is 8. The molecule has 0 aliphatic rings. The van der Waals surface area contributed by atoms with Crippen LogP contribution in [-0.4, -0.2) is 49.9 Å². The first-order chi connectivity index (χ1) is 11.4. The SMILES string of the molecule is COCCCn1c(SCC(=O)Nc2c(C)nn(C)c2C)n[nH]c1=O. The van der Waals surface area contributed by atoms with Crippen LogP contribution < -0.4 is 11.0 Å². The van der Waals surface area contributed by atoms with Crippen LogP contribution in [0, 0.1) is 13.8 Å². The molecule has 2 aromatic rings. The zero-order valence-corrected chi connectivity index (χ0v) is 15.1. The van der Waals surface area contributed by atoms with Gasteiger partial charge in [-0.25, -0.2) is 9.89 Å². The monoisotopic (exact) mass is 354 g/mol. The Balaban J connectivity index is 1.96. The van der Waals surface area contributed by atoms with Crippen LogP contribution in [-0.2, 0) is 23.1 Å². The van der Waals surface area contributed by atoms with Crippen molar-refractivity contribution < 1.29 is 9.53 Å². The van der Waals surface area contributed by atoms with Gasteiger partial charge in [0, 0.05) is 27.3 Å². The molecule has 0 saturated carbocycles. The van der Waals surface area contributed by atoms with Crippen LogP contribution >= 0.6 is 11.8 Å². The molecule has 24 heavy (non-hydrogen) atoms. The summed E-state index contributed by atoms with van der Waals surface area (Å²) in [6.07, 6.45) is 0.698. The summed E-state index contributed by atoms with van der Waals surface area (Å²) in [5.74, 6) is -0.0133. The standard InChI is InChI=1S/C14H22N6O3S/c1-9-12(10(2)19(3)18-9)15-11(21)8-24-14-17-16-13(22)20(14)6-5-7-23-4/h5-8H2,1-4H3,(H,15,21)(H,16,22). The summed E-state index contributed by atoms with van der Waals surface area (Å²) in [4.78, 5) is 23.9. The van der Waals surface area contributed by atoms with E-state index in [0.29, 0.717) is 24.7 Å². The molecule has 132 valence electrons. The minimum Gasteiger partial charge on any atom is -0.385 e. The number of nitrogens with one attached hydrogen (secondary N) is 2. The Labute approximate surface area is 143 Å². The van der Waals surface area contributed by atoms with E-state index in [0.717, 1.165) is 17.1 Å². The molecule has 2 rings (SSSR count). The molecule has 2 heterocycles. The van der Waals surface area contributed by atoms with Crippen LogP contribution in [0.15, 0.2) is 9.95 Å². The van der Waals surface area contributed by atoms with Crippen molar-refractivity contribution in [2.45, 2.75) is 32.0 Å². The van der Waals surface area contributed by atoms with E-state index in [1.165, 1.54) is 16.3 Å². The minimum absolute atomic E-state index is 0.155. The van der Waals surface area contributed by atoms with Gasteiger partial charge in [0.05, 0.1) is 22.8 Å². The van der Waals surface area contributed by atoms with Crippen molar-refractivity contribution in [1.29, 1.82) is 0 Å². The Morgan fingerprint density at radius 1 is 1.42 bits per heavy atom. The van der Waals surface area contributed by atoms with Crippen molar-refractivity contribution in [1.82, 2.24) is 24.5 Å². The lowest BCUT2D eigenvalue weighted by molar-refractivity contribution is -0.113. The summed E-state index contributed by atoms with van der Waals surface area (Å²) >= 11 is 1.21. The number of H-pyrrole nitrogens is 1. The number of ether oxygens (including phenoxy) is 1. The van der Waals surface area contributed by atoms with Crippen molar-refractivity contribution in [2.24, 2.45) is 7.05 Å². The van der Waals surface area contributed by atoms with E-state index in [9.17, 15) is 9.59 Å². The first-order valence-electron chi connectivity index (χ1n) is 7.51. The summed E-state index contributed by atoms with van der Waals surface area (Å²) in [6.45, 7) is 4.79. The predicted molar refractivity (Wildman–Crippen MR) is 91.4 cm³/mol. The van der Waals surface area contributed by atoms with Crippen LogP contribution in [0.1, 0.15) is 17.8 Å². The average Bonchev–Trinajstić information content (AvgIpc) is 3.01. The van der Waals surface area contributed by atoms with Gasteiger partial charge in [-0.05, 0) is 20.3 Å². The van der Waals surface area contributed by atoms with Gasteiger partial charge in [-0.15, -0.1) is 5.10 Å². The van der Waals surface area contributed by atoms with Crippen LogP contribution in [0.2, 0.25) is 0 Å². The van der Waals surface area contributed by atoms with Gasteiger partial charge in [0.15, 0.2) is 5.16 Å². The number of aryl methyl sites for hydroxylation is 2. The lowest BCUT2D eigenvalue weighted by Gasteiger charge is -2.07. The van der Waals surface area contributed by atoms with Crippen molar-refractivity contribution in [3.05, 3.63) is 21.9 Å². The van der Waals surface area contributed by atoms with Crippen LogP contribution in [0.5, 0.6) is 0 Å². The number of hydrogen-bond donors (Lipinski definition) is 2. The fraction of sp³-hybridized carbons (Fsp3) is 0.571. The van der Waals surface area contributed by atoms with Gasteiger partial charge in [0.25, 0.3) is 0 Å². The highest BCUT2D eigenvalue weighted by molar-refractivity contribution is 7.99. The zero-order valence-electron chi connectivity index (χ0n) is 14.3. The number of methoxy groups -OCH3 is 1. The Bertz CT molecular complexity index is 763. The molecule has 0 spiro atoms. The Morgan fingerprint density at radius 3 is 2.79 bits per heavy atom. The highest BCUT2D eigenvalue weighted by Gasteiger charge is 2.15. The largest absolute Gasteiger partial charge is 0.385 e. The second kappa shape index (κ2) is 8.15. The van der Waals surface area contributed by atoms with Crippen LogP contribution in [0.3, 0.4) is 0 Å². The van der Waals surface area contributed by atoms with Gasteiger partial charge in [0.1, 0.15) is 0 Å². The van der Waals surface area contributed by atoms with Gasteiger partial charge < -0.3 is 10.1 Å². The highest BCUT2D eigenvalue weighted by atomic mass is 32.2. The van der Waals surface area contributed by atoms with Crippen LogP contribution in [0.25, 0.3) is 0 Å². The number of nitrogens with zero attached hydrogens (tertiary/aromatic N) is 4. The molecular formula is C14H22N6O3S. The molecule has 0 saturated heterocycles. The predicted octanol–water partition coefficient (Wildman–Crippen LogP) is 0.689. The summed E-state index contributed by atoms with van der Waals surface area (Å²) in [6, 6.07) is 0. The average molecular weight is 354 g/mol. The number of aromatic amines is 1. The van der Waals surface area contributed by atoms with Gasteiger partial charge in [-0.3, -0.25) is 14.0 Å². The molecule has 0 atom stereocenters. The normalized spacial score (nSPS) is 11.0. The topological polar surface area (TPSA) is 107 Å². The first-order valence-corrected chi connectivity index (χ1v) is 8.49. The van der Waals surface area contributed by atoms with Crippen LogP contribution in [0.4, 0.5) is 5.69 Å². The first kappa shape index (κ1) is 18.3. The molecule has 1 amide bonds. The van der Waals surface area contributed by atoms with Crippen molar-refractivity contribution in [2.75, 3.05) is 24.8 Å². The van der Waals surface area contributed by atoms with Gasteiger partial charge in [0.2, 0.25) is 5.91 Å². The van der Waals surface area contributed by atoms with Crippen molar-refractivity contribution >= 4 is 23.4 Å².